The van der Waals surface area contributed by atoms with E-state index < -0.39 is 0 Å². The highest BCUT2D eigenvalue weighted by Gasteiger charge is 2.11. The predicted octanol–water partition coefficient (Wildman–Crippen LogP) is 2.05. The van der Waals surface area contributed by atoms with Crippen molar-refractivity contribution in [1.82, 2.24) is 10.3 Å². The maximum Gasteiger partial charge on any atom is 0.251 e. The van der Waals surface area contributed by atoms with Crippen LogP contribution in [0.2, 0.25) is 0 Å². The first-order valence-electron chi connectivity index (χ1n) is 8.09. The minimum absolute atomic E-state index is 0.113. The molecule has 7 nitrogen and oxygen atoms in total. The lowest BCUT2D eigenvalue weighted by molar-refractivity contribution is -0.115. The van der Waals surface area contributed by atoms with Crippen LogP contribution in [-0.2, 0) is 4.79 Å². The number of hydrogen-bond donors (Lipinski definition) is 3. The van der Waals surface area contributed by atoms with E-state index in [4.69, 9.17) is 0 Å². The maximum atomic E-state index is 12.2. The molecule has 2 amide bonds. The number of benzene rings is 1. The van der Waals surface area contributed by atoms with Gasteiger partial charge < -0.3 is 16.0 Å². The summed E-state index contributed by atoms with van der Waals surface area (Å²) in [5, 5.41) is 8.49. The average Bonchev–Trinajstić information content (AvgIpc) is 3.14. The summed E-state index contributed by atoms with van der Waals surface area (Å²) in [6.45, 7) is 0.729. The first-order valence-corrected chi connectivity index (χ1v) is 8.09. The zero-order valence-electron chi connectivity index (χ0n) is 13.7. The number of amides is 2. The Labute approximate surface area is 145 Å². The van der Waals surface area contributed by atoms with E-state index in [1.54, 1.807) is 42.7 Å². The molecule has 25 heavy (non-hydrogen) atoms. The van der Waals surface area contributed by atoms with Crippen molar-refractivity contribution in [3.8, 4) is 0 Å². The van der Waals surface area contributed by atoms with Crippen molar-refractivity contribution in [3.05, 3.63) is 54.4 Å². The van der Waals surface area contributed by atoms with Gasteiger partial charge in [0.05, 0.1) is 18.4 Å². The second-order valence-electron chi connectivity index (χ2n) is 5.61. The molecule has 0 bridgehead atoms. The number of hydrogen-bond acceptors (Lipinski definition) is 5. The van der Waals surface area contributed by atoms with E-state index in [9.17, 15) is 9.59 Å². The van der Waals surface area contributed by atoms with E-state index in [2.05, 4.69) is 25.9 Å². The molecule has 0 spiro atoms. The Morgan fingerprint density at radius 1 is 1.12 bits per heavy atom. The molecule has 0 aliphatic carbocycles. The van der Waals surface area contributed by atoms with Gasteiger partial charge in [-0.25, -0.2) is 0 Å². The largest absolute Gasteiger partial charge is 0.344 e. The van der Waals surface area contributed by atoms with Crippen molar-refractivity contribution in [2.45, 2.75) is 12.8 Å². The summed E-state index contributed by atoms with van der Waals surface area (Å²) in [6, 6.07) is 10.6. The van der Waals surface area contributed by atoms with Crippen molar-refractivity contribution in [2.24, 2.45) is 4.99 Å². The van der Waals surface area contributed by atoms with Crippen molar-refractivity contribution >= 4 is 29.0 Å². The third-order valence-corrected chi connectivity index (χ3v) is 3.64. The highest BCUT2D eigenvalue weighted by atomic mass is 16.2. The monoisotopic (exact) mass is 337 g/mol. The van der Waals surface area contributed by atoms with Crippen LogP contribution in [0.4, 0.5) is 11.4 Å². The van der Waals surface area contributed by atoms with Crippen molar-refractivity contribution in [3.63, 3.8) is 0 Å². The summed E-state index contributed by atoms with van der Waals surface area (Å²) in [4.78, 5) is 32.4. The van der Waals surface area contributed by atoms with Gasteiger partial charge in [0.15, 0.2) is 0 Å². The van der Waals surface area contributed by atoms with Crippen LogP contribution in [0.1, 0.15) is 23.2 Å². The van der Waals surface area contributed by atoms with Gasteiger partial charge in [-0.3, -0.25) is 19.6 Å². The number of pyridine rings is 1. The molecule has 1 aliphatic heterocycles. The molecule has 0 saturated heterocycles. The van der Waals surface area contributed by atoms with E-state index in [1.165, 1.54) is 0 Å². The molecule has 3 N–H and O–H groups in total. The summed E-state index contributed by atoms with van der Waals surface area (Å²) >= 11 is 0. The number of aliphatic imine (C=N–C) groups is 1. The zero-order valence-corrected chi connectivity index (χ0v) is 13.7. The second-order valence-corrected chi connectivity index (χ2v) is 5.61. The number of rotatable bonds is 5. The van der Waals surface area contributed by atoms with Gasteiger partial charge >= 0.3 is 0 Å². The molecule has 7 heteroatoms. The first kappa shape index (κ1) is 16.6. The zero-order chi connectivity index (χ0) is 17.5. The molecular weight excluding hydrogens is 318 g/mol. The summed E-state index contributed by atoms with van der Waals surface area (Å²) in [5.74, 6) is 0.322. The molecule has 2 aromatic rings. The van der Waals surface area contributed by atoms with Crippen LogP contribution in [0.25, 0.3) is 0 Å². The molecule has 2 heterocycles. The van der Waals surface area contributed by atoms with Gasteiger partial charge in [-0.2, -0.15) is 0 Å². The Hall–Kier alpha value is -3.22. The highest BCUT2D eigenvalue weighted by molar-refractivity contribution is 6.01. The number of carbonyl (C=O) groups excluding carboxylic acids is 2. The number of amidine groups is 1. The molecule has 0 saturated carbocycles. The second kappa shape index (κ2) is 8.05. The first-order chi connectivity index (χ1) is 12.2. The summed E-state index contributed by atoms with van der Waals surface area (Å²) in [6.07, 6.45) is 5.13. The van der Waals surface area contributed by atoms with Crippen molar-refractivity contribution in [2.75, 3.05) is 23.7 Å². The Morgan fingerprint density at radius 2 is 2.00 bits per heavy atom. The van der Waals surface area contributed by atoms with E-state index in [0.717, 1.165) is 30.9 Å². The highest BCUT2D eigenvalue weighted by Crippen LogP contribution is 2.13. The summed E-state index contributed by atoms with van der Waals surface area (Å²) in [7, 11) is 0. The van der Waals surface area contributed by atoms with Gasteiger partial charge in [-0.05, 0) is 36.8 Å². The smallest absolute Gasteiger partial charge is 0.251 e. The van der Waals surface area contributed by atoms with Crippen LogP contribution in [-0.4, -0.2) is 35.7 Å². The molecule has 1 aromatic carbocycles. The Balaban J connectivity index is 1.53. The average molecular weight is 337 g/mol. The number of carbonyl (C=O) groups is 2. The van der Waals surface area contributed by atoms with Crippen LogP contribution in [0.3, 0.4) is 0 Å². The fourth-order valence-electron chi connectivity index (χ4n) is 2.45. The van der Waals surface area contributed by atoms with E-state index in [0.29, 0.717) is 11.3 Å². The number of nitrogens with zero attached hydrogens (tertiary/aromatic N) is 2. The van der Waals surface area contributed by atoms with Crippen molar-refractivity contribution < 1.29 is 9.59 Å². The molecule has 0 radical (unpaired) electrons. The molecular formula is C18H19N5O2. The summed E-state index contributed by atoms with van der Waals surface area (Å²) in [5.41, 5.74) is 1.89. The van der Waals surface area contributed by atoms with Gasteiger partial charge in [0, 0.05) is 30.4 Å². The minimum Gasteiger partial charge on any atom is -0.344 e. The Kier molecular flexibility index (Phi) is 5.36. The van der Waals surface area contributed by atoms with Crippen LogP contribution in [0, 0.1) is 0 Å². The van der Waals surface area contributed by atoms with Crippen LogP contribution < -0.4 is 16.0 Å². The van der Waals surface area contributed by atoms with E-state index in [1.807, 2.05) is 6.07 Å². The Bertz CT molecular complexity index is 789. The Morgan fingerprint density at radius 3 is 2.76 bits per heavy atom. The van der Waals surface area contributed by atoms with Gasteiger partial charge in [-0.15, -0.1) is 0 Å². The van der Waals surface area contributed by atoms with Gasteiger partial charge in [-0.1, -0.05) is 6.07 Å². The molecule has 1 aromatic heterocycles. The molecule has 128 valence electrons. The van der Waals surface area contributed by atoms with Gasteiger partial charge in [0.1, 0.15) is 5.84 Å². The van der Waals surface area contributed by atoms with E-state index >= 15 is 0 Å². The number of nitrogens with one attached hydrogen (secondary N) is 3. The van der Waals surface area contributed by atoms with Gasteiger partial charge in [0.2, 0.25) is 5.91 Å². The predicted molar refractivity (Wildman–Crippen MR) is 96.8 cm³/mol. The van der Waals surface area contributed by atoms with Crippen LogP contribution >= 0.6 is 0 Å². The van der Waals surface area contributed by atoms with Crippen molar-refractivity contribution in [1.29, 1.82) is 0 Å². The SMILES string of the molecule is O=C(CNC(=O)c1cccc(NC2=NCCC2)c1)Nc1cccnc1. The quantitative estimate of drug-likeness (QED) is 0.778. The normalized spacial score (nSPS) is 13.0. The summed E-state index contributed by atoms with van der Waals surface area (Å²) < 4.78 is 0. The maximum absolute atomic E-state index is 12.2. The van der Waals surface area contributed by atoms with Crippen LogP contribution in [0.15, 0.2) is 53.8 Å². The third-order valence-electron chi connectivity index (χ3n) is 3.64. The molecule has 0 atom stereocenters. The topological polar surface area (TPSA) is 95.5 Å². The van der Waals surface area contributed by atoms with Crippen LogP contribution in [0.5, 0.6) is 0 Å². The lowest BCUT2D eigenvalue weighted by Crippen LogP contribution is -2.32. The standard InChI is InChI=1S/C18H19N5O2/c24-17(23-15-6-2-8-19-11-15)12-21-18(25)13-4-1-5-14(10-13)22-16-7-3-9-20-16/h1-2,4-6,8,10-11H,3,7,9,12H2,(H,20,22)(H,21,25)(H,23,24). The molecule has 0 fully saturated rings. The fourth-order valence-corrected chi connectivity index (χ4v) is 2.45. The number of anilines is 2. The lowest BCUT2D eigenvalue weighted by atomic mass is 10.2. The lowest BCUT2D eigenvalue weighted by Gasteiger charge is -2.09. The molecule has 0 unspecified atom stereocenters. The number of aromatic nitrogens is 1. The molecule has 1 aliphatic rings. The van der Waals surface area contributed by atoms with E-state index in [-0.39, 0.29) is 18.4 Å². The molecule has 3 rings (SSSR count). The minimum atomic E-state index is -0.309. The fraction of sp³-hybridized carbons (Fsp3) is 0.222. The van der Waals surface area contributed by atoms with Gasteiger partial charge in [0.25, 0.3) is 5.91 Å². The third kappa shape index (κ3) is 4.87.